The van der Waals surface area contributed by atoms with Crippen molar-refractivity contribution in [2.24, 2.45) is 0 Å². The Kier molecular flexibility index (Phi) is 5.41. The van der Waals surface area contributed by atoms with Gasteiger partial charge in [0.05, 0.1) is 28.9 Å². The number of alkyl halides is 3. The van der Waals surface area contributed by atoms with E-state index in [-0.39, 0.29) is 29.6 Å². The van der Waals surface area contributed by atoms with E-state index in [1.807, 2.05) is 0 Å². The van der Waals surface area contributed by atoms with E-state index < -0.39 is 32.6 Å². The lowest BCUT2D eigenvalue weighted by molar-refractivity contribution is -0.137. The van der Waals surface area contributed by atoms with Crippen LogP contribution < -0.4 is 0 Å². The number of aryl methyl sites for hydroxylation is 1. The second-order valence-electron chi connectivity index (χ2n) is 6.65. The van der Waals surface area contributed by atoms with Crippen molar-refractivity contribution in [1.29, 1.82) is 0 Å². The maximum atomic E-state index is 13.4. The average Bonchev–Trinajstić information content (AvgIpc) is 3.44. The van der Waals surface area contributed by atoms with E-state index in [9.17, 15) is 31.5 Å². The van der Waals surface area contributed by atoms with E-state index in [0.29, 0.717) is 18.2 Å². The molecule has 0 saturated carbocycles. The van der Waals surface area contributed by atoms with Gasteiger partial charge in [0.15, 0.2) is 5.69 Å². The summed E-state index contributed by atoms with van der Waals surface area (Å²) in [6.45, 7) is 1.90. The van der Waals surface area contributed by atoms with E-state index in [1.54, 1.807) is 0 Å². The summed E-state index contributed by atoms with van der Waals surface area (Å²) in [6.07, 6.45) is -5.09. The Labute approximate surface area is 164 Å². The smallest absolute Gasteiger partial charge is 0.416 e. The number of carboxylic acid groups (broad SMARTS) is 1. The summed E-state index contributed by atoms with van der Waals surface area (Å²) in [6, 6.07) is 5.09. The zero-order valence-corrected chi connectivity index (χ0v) is 16.2. The first-order valence-corrected chi connectivity index (χ1v) is 9.85. The number of epoxide rings is 1. The third kappa shape index (κ3) is 4.57. The Bertz CT molecular complexity index is 1070. The molecule has 1 saturated heterocycles. The highest BCUT2D eigenvalue weighted by molar-refractivity contribution is 7.89. The van der Waals surface area contributed by atoms with Gasteiger partial charge in [-0.1, -0.05) is 6.07 Å². The highest BCUT2D eigenvalue weighted by Gasteiger charge is 2.35. The van der Waals surface area contributed by atoms with Crippen LogP contribution in [-0.2, 0) is 20.9 Å². The minimum absolute atomic E-state index is 0.0137. The first-order chi connectivity index (χ1) is 13.4. The Morgan fingerprint density at radius 3 is 2.52 bits per heavy atom. The number of pyridine rings is 1. The van der Waals surface area contributed by atoms with Crippen LogP contribution in [0.5, 0.6) is 0 Å². The molecule has 1 aromatic heterocycles. The lowest BCUT2D eigenvalue weighted by atomic mass is 10.1. The van der Waals surface area contributed by atoms with Gasteiger partial charge in [-0.25, -0.2) is 18.2 Å². The molecule has 156 valence electrons. The summed E-state index contributed by atoms with van der Waals surface area (Å²) in [5.41, 5.74) is -1.41. The van der Waals surface area contributed by atoms with Gasteiger partial charge < -0.3 is 9.84 Å². The first kappa shape index (κ1) is 21.2. The number of ether oxygens (including phenoxy) is 1. The number of aromatic carboxylic acids is 1. The molecule has 0 spiro atoms. The third-order valence-corrected chi connectivity index (χ3v) is 6.20. The number of hydrogen-bond donors (Lipinski definition) is 1. The minimum atomic E-state index is -4.81. The van der Waals surface area contributed by atoms with E-state index in [1.165, 1.54) is 26.1 Å². The van der Waals surface area contributed by atoms with Crippen molar-refractivity contribution < 1.29 is 36.2 Å². The number of nitrogens with zero attached hydrogens (tertiary/aromatic N) is 2. The second-order valence-corrected chi connectivity index (χ2v) is 8.70. The molecule has 1 N–H and O–H groups in total. The number of carboxylic acids is 1. The van der Waals surface area contributed by atoms with Crippen molar-refractivity contribution in [3.8, 4) is 11.3 Å². The quantitative estimate of drug-likeness (QED) is 0.708. The molecule has 0 unspecified atom stereocenters. The van der Waals surface area contributed by atoms with Gasteiger partial charge in [0.1, 0.15) is 0 Å². The zero-order chi connectivity index (χ0) is 21.6. The van der Waals surface area contributed by atoms with E-state index >= 15 is 0 Å². The SMILES string of the molecule is Cc1ccc(-c2cc(C(F)(F)F)cc(S(=O)(=O)N(C)C[C@H]3CO3)c2)nc1C(=O)O. The Morgan fingerprint density at radius 2 is 1.97 bits per heavy atom. The van der Waals surface area contributed by atoms with E-state index in [4.69, 9.17) is 4.74 Å². The second kappa shape index (κ2) is 7.39. The van der Waals surface area contributed by atoms with E-state index in [0.717, 1.165) is 16.4 Å². The number of hydrogen-bond acceptors (Lipinski definition) is 5. The van der Waals surface area contributed by atoms with Crippen LogP contribution in [0, 0.1) is 6.92 Å². The van der Waals surface area contributed by atoms with Gasteiger partial charge in [0.2, 0.25) is 10.0 Å². The fourth-order valence-corrected chi connectivity index (χ4v) is 3.98. The minimum Gasteiger partial charge on any atom is -0.477 e. The molecule has 0 amide bonds. The summed E-state index contributed by atoms with van der Waals surface area (Å²) in [4.78, 5) is 14.6. The van der Waals surface area contributed by atoms with E-state index in [2.05, 4.69) is 4.98 Å². The molecule has 11 heteroatoms. The highest BCUT2D eigenvalue weighted by atomic mass is 32.2. The van der Waals surface area contributed by atoms with Crippen LogP contribution in [0.25, 0.3) is 11.3 Å². The summed E-state index contributed by atoms with van der Waals surface area (Å²) in [7, 11) is -2.98. The number of rotatable bonds is 6. The van der Waals surface area contributed by atoms with Crippen LogP contribution in [0.3, 0.4) is 0 Å². The lowest BCUT2D eigenvalue weighted by Gasteiger charge is -2.18. The standard InChI is InChI=1S/C18H17F3N2O5S/c1-10-3-4-15(22-16(10)17(24)25)11-5-12(18(19,20)21)7-14(6-11)29(26,27)23(2)8-13-9-28-13/h3-7,13H,8-9H2,1-2H3,(H,24,25)/t13-/m0/s1. The molecular weight excluding hydrogens is 413 g/mol. The predicted molar refractivity (Wildman–Crippen MR) is 95.9 cm³/mol. The van der Waals surface area contributed by atoms with Crippen molar-refractivity contribution in [3.05, 3.63) is 47.2 Å². The van der Waals surface area contributed by atoms with Crippen LogP contribution in [-0.4, -0.2) is 55.1 Å². The number of benzene rings is 1. The number of carbonyl (C=O) groups is 1. The maximum absolute atomic E-state index is 13.4. The molecule has 0 aliphatic carbocycles. The van der Waals surface area contributed by atoms with Crippen LogP contribution in [0.15, 0.2) is 35.2 Å². The molecule has 2 heterocycles. The number of halogens is 3. The number of sulfonamides is 1. The Hall–Kier alpha value is -2.50. The normalized spacial score (nSPS) is 16.8. The molecule has 3 rings (SSSR count). The van der Waals surface area contributed by atoms with Crippen molar-refractivity contribution in [1.82, 2.24) is 9.29 Å². The fraction of sp³-hybridized carbons (Fsp3) is 0.333. The monoisotopic (exact) mass is 430 g/mol. The molecule has 7 nitrogen and oxygen atoms in total. The molecule has 0 radical (unpaired) electrons. The predicted octanol–water partition coefficient (Wildman–Crippen LogP) is 2.79. The third-order valence-electron chi connectivity index (χ3n) is 4.40. The first-order valence-electron chi connectivity index (χ1n) is 8.41. The van der Waals surface area contributed by atoms with Crippen molar-refractivity contribution in [2.75, 3.05) is 20.2 Å². The lowest BCUT2D eigenvalue weighted by Crippen LogP contribution is -2.30. The summed E-state index contributed by atoms with van der Waals surface area (Å²) >= 11 is 0. The molecule has 2 aromatic rings. The average molecular weight is 430 g/mol. The largest absolute Gasteiger partial charge is 0.477 e. The van der Waals surface area contributed by atoms with Gasteiger partial charge in [0.25, 0.3) is 0 Å². The van der Waals surface area contributed by atoms with Gasteiger partial charge >= 0.3 is 12.1 Å². The van der Waals surface area contributed by atoms with Gasteiger partial charge in [-0.05, 0) is 36.8 Å². The molecule has 1 aliphatic rings. The Balaban J connectivity index is 2.14. The Morgan fingerprint density at radius 1 is 1.31 bits per heavy atom. The zero-order valence-electron chi connectivity index (χ0n) is 15.4. The summed E-state index contributed by atoms with van der Waals surface area (Å²) in [5.74, 6) is -1.34. The molecule has 29 heavy (non-hydrogen) atoms. The summed E-state index contributed by atoms with van der Waals surface area (Å²) < 4.78 is 71.7. The van der Waals surface area contributed by atoms with Crippen molar-refractivity contribution in [3.63, 3.8) is 0 Å². The van der Waals surface area contributed by atoms with Gasteiger partial charge in [0, 0.05) is 19.2 Å². The highest BCUT2D eigenvalue weighted by Crippen LogP contribution is 2.35. The molecular formula is C18H17F3N2O5S. The molecule has 1 fully saturated rings. The topological polar surface area (TPSA) is 100 Å². The van der Waals surface area contributed by atoms with Crippen molar-refractivity contribution in [2.45, 2.75) is 24.1 Å². The van der Waals surface area contributed by atoms with Crippen LogP contribution in [0.2, 0.25) is 0 Å². The van der Waals surface area contributed by atoms with Crippen LogP contribution in [0.1, 0.15) is 21.6 Å². The van der Waals surface area contributed by atoms with Gasteiger partial charge in [-0.15, -0.1) is 0 Å². The molecule has 1 aliphatic heterocycles. The van der Waals surface area contributed by atoms with Crippen molar-refractivity contribution >= 4 is 16.0 Å². The number of aromatic nitrogens is 1. The van der Waals surface area contributed by atoms with Crippen LogP contribution in [0.4, 0.5) is 13.2 Å². The summed E-state index contributed by atoms with van der Waals surface area (Å²) in [5, 5.41) is 9.21. The van der Waals surface area contributed by atoms with Gasteiger partial charge in [-0.3, -0.25) is 0 Å². The molecule has 1 atom stereocenters. The molecule has 1 aromatic carbocycles. The number of likely N-dealkylation sites (N-methyl/N-ethyl adjacent to an activating group) is 1. The molecule has 0 bridgehead atoms. The fourth-order valence-electron chi connectivity index (χ4n) is 2.70. The van der Waals surface area contributed by atoms with Gasteiger partial charge in [-0.2, -0.15) is 17.5 Å². The maximum Gasteiger partial charge on any atom is 0.416 e. The van der Waals surface area contributed by atoms with Crippen LogP contribution >= 0.6 is 0 Å².